The molecule has 0 bridgehead atoms. The van der Waals surface area contributed by atoms with Crippen molar-refractivity contribution in [2.45, 2.75) is 33.2 Å². The molecule has 0 amide bonds. The Hall–Kier alpha value is -0.160. The van der Waals surface area contributed by atoms with Crippen LogP contribution in [0.25, 0.3) is 0 Å². The molecular weight excluding hydrogens is 206 g/mol. The summed E-state index contributed by atoms with van der Waals surface area (Å²) >= 11 is 0. The molecule has 0 aliphatic rings. The fourth-order valence-corrected chi connectivity index (χ4v) is 1.31. The summed E-state index contributed by atoms with van der Waals surface area (Å²) in [6.07, 6.45) is 0.842. The third-order valence-electron chi connectivity index (χ3n) is 2.15. The van der Waals surface area contributed by atoms with Gasteiger partial charge in [-0.15, -0.1) is 0 Å². The van der Waals surface area contributed by atoms with Gasteiger partial charge < -0.3 is 19.9 Å². The van der Waals surface area contributed by atoms with Gasteiger partial charge >= 0.3 is 0 Å². The minimum absolute atomic E-state index is 0.154. The molecule has 0 aromatic carbocycles. The SMILES string of the molecule is CCNC(CO)CCOCCOCC(C)C. The van der Waals surface area contributed by atoms with Gasteiger partial charge in [0.2, 0.25) is 0 Å². The highest BCUT2D eigenvalue weighted by Crippen LogP contribution is 1.94. The number of rotatable bonds is 11. The van der Waals surface area contributed by atoms with E-state index in [2.05, 4.69) is 19.2 Å². The van der Waals surface area contributed by atoms with E-state index >= 15 is 0 Å². The molecule has 4 heteroatoms. The van der Waals surface area contributed by atoms with Crippen molar-refractivity contribution in [3.05, 3.63) is 0 Å². The van der Waals surface area contributed by atoms with Crippen LogP contribution in [0.2, 0.25) is 0 Å². The Morgan fingerprint density at radius 1 is 1.12 bits per heavy atom. The highest BCUT2D eigenvalue weighted by atomic mass is 16.5. The highest BCUT2D eigenvalue weighted by molar-refractivity contribution is 4.63. The molecule has 0 aliphatic carbocycles. The Morgan fingerprint density at radius 3 is 2.38 bits per heavy atom. The molecule has 0 aromatic heterocycles. The van der Waals surface area contributed by atoms with Crippen LogP contribution in [0.3, 0.4) is 0 Å². The van der Waals surface area contributed by atoms with E-state index in [-0.39, 0.29) is 12.6 Å². The number of hydrogen-bond donors (Lipinski definition) is 2. The molecule has 0 saturated heterocycles. The Kier molecular flexibility index (Phi) is 11.2. The van der Waals surface area contributed by atoms with Gasteiger partial charge in [-0.2, -0.15) is 0 Å². The van der Waals surface area contributed by atoms with Crippen molar-refractivity contribution in [2.24, 2.45) is 5.92 Å². The van der Waals surface area contributed by atoms with E-state index in [4.69, 9.17) is 14.6 Å². The smallest absolute Gasteiger partial charge is 0.0700 e. The molecular formula is C12H27NO3. The van der Waals surface area contributed by atoms with Crippen LogP contribution in [0, 0.1) is 5.92 Å². The summed E-state index contributed by atoms with van der Waals surface area (Å²) in [6.45, 7) is 10.1. The molecule has 0 saturated carbocycles. The van der Waals surface area contributed by atoms with E-state index in [0.717, 1.165) is 19.6 Å². The molecule has 98 valence electrons. The van der Waals surface area contributed by atoms with Gasteiger partial charge in [0, 0.05) is 19.3 Å². The molecule has 0 fully saturated rings. The minimum atomic E-state index is 0.154. The van der Waals surface area contributed by atoms with Crippen molar-refractivity contribution in [3.8, 4) is 0 Å². The number of ether oxygens (including phenoxy) is 2. The number of aliphatic hydroxyl groups is 1. The molecule has 16 heavy (non-hydrogen) atoms. The lowest BCUT2D eigenvalue weighted by molar-refractivity contribution is 0.0333. The lowest BCUT2D eigenvalue weighted by Crippen LogP contribution is -2.33. The Balaban J connectivity index is 3.19. The molecule has 2 N–H and O–H groups in total. The van der Waals surface area contributed by atoms with Crippen molar-refractivity contribution < 1.29 is 14.6 Å². The maximum atomic E-state index is 9.02. The topological polar surface area (TPSA) is 50.7 Å². The second-order valence-corrected chi connectivity index (χ2v) is 4.31. The van der Waals surface area contributed by atoms with Crippen LogP contribution >= 0.6 is 0 Å². The van der Waals surface area contributed by atoms with E-state index in [1.165, 1.54) is 0 Å². The number of aliphatic hydroxyl groups excluding tert-OH is 1. The van der Waals surface area contributed by atoms with Crippen LogP contribution in [0.1, 0.15) is 27.2 Å². The standard InChI is InChI=1S/C12H27NO3/c1-4-13-12(9-14)5-6-15-7-8-16-10-11(2)3/h11-14H,4-10H2,1-3H3. The predicted molar refractivity (Wildman–Crippen MR) is 65.6 cm³/mol. The fraction of sp³-hybridized carbons (Fsp3) is 1.00. The van der Waals surface area contributed by atoms with Crippen molar-refractivity contribution >= 4 is 0 Å². The van der Waals surface area contributed by atoms with Gasteiger partial charge in [0.1, 0.15) is 0 Å². The van der Waals surface area contributed by atoms with E-state index in [1.807, 2.05) is 6.92 Å². The molecule has 4 nitrogen and oxygen atoms in total. The van der Waals surface area contributed by atoms with Gasteiger partial charge in [0.15, 0.2) is 0 Å². The van der Waals surface area contributed by atoms with Gasteiger partial charge in [0.25, 0.3) is 0 Å². The summed E-state index contributed by atoms with van der Waals surface area (Å²) in [5.41, 5.74) is 0. The predicted octanol–water partition coefficient (Wildman–Crippen LogP) is 1.04. The average molecular weight is 233 g/mol. The second kappa shape index (κ2) is 11.3. The number of hydrogen-bond acceptors (Lipinski definition) is 4. The maximum Gasteiger partial charge on any atom is 0.0700 e. The van der Waals surface area contributed by atoms with Crippen LogP contribution in [0.5, 0.6) is 0 Å². The zero-order valence-corrected chi connectivity index (χ0v) is 10.9. The summed E-state index contributed by atoms with van der Waals surface area (Å²) in [7, 11) is 0. The van der Waals surface area contributed by atoms with Crippen LogP contribution < -0.4 is 5.32 Å². The molecule has 0 spiro atoms. The minimum Gasteiger partial charge on any atom is -0.395 e. The van der Waals surface area contributed by atoms with Gasteiger partial charge in [-0.25, -0.2) is 0 Å². The van der Waals surface area contributed by atoms with Crippen LogP contribution in [0.15, 0.2) is 0 Å². The quantitative estimate of drug-likeness (QED) is 0.524. The van der Waals surface area contributed by atoms with Crippen molar-refractivity contribution in [2.75, 3.05) is 39.6 Å². The van der Waals surface area contributed by atoms with Crippen LogP contribution in [0.4, 0.5) is 0 Å². The molecule has 1 atom stereocenters. The summed E-state index contributed by atoms with van der Waals surface area (Å²) in [6, 6.07) is 0.154. The largest absolute Gasteiger partial charge is 0.395 e. The lowest BCUT2D eigenvalue weighted by Gasteiger charge is -2.14. The normalized spacial score (nSPS) is 13.3. The molecule has 0 aliphatic heterocycles. The van der Waals surface area contributed by atoms with Gasteiger partial charge in [-0.05, 0) is 18.9 Å². The fourth-order valence-electron chi connectivity index (χ4n) is 1.31. The number of likely N-dealkylation sites (N-methyl/N-ethyl adjacent to an activating group) is 1. The first-order valence-electron chi connectivity index (χ1n) is 6.20. The highest BCUT2D eigenvalue weighted by Gasteiger charge is 2.04. The van der Waals surface area contributed by atoms with Gasteiger partial charge in [0.05, 0.1) is 19.8 Å². The first-order chi connectivity index (χ1) is 7.70. The van der Waals surface area contributed by atoms with Crippen molar-refractivity contribution in [3.63, 3.8) is 0 Å². The Morgan fingerprint density at radius 2 is 1.81 bits per heavy atom. The van der Waals surface area contributed by atoms with Crippen LogP contribution in [-0.2, 0) is 9.47 Å². The summed E-state index contributed by atoms with van der Waals surface area (Å²) in [5, 5.41) is 12.2. The zero-order chi connectivity index (χ0) is 12.2. The summed E-state index contributed by atoms with van der Waals surface area (Å²) < 4.78 is 10.8. The molecule has 1 unspecified atom stereocenters. The molecule has 0 radical (unpaired) electrons. The average Bonchev–Trinajstić information content (AvgIpc) is 2.26. The third kappa shape index (κ3) is 10.4. The zero-order valence-electron chi connectivity index (χ0n) is 10.9. The molecule has 0 aromatic rings. The second-order valence-electron chi connectivity index (χ2n) is 4.31. The lowest BCUT2D eigenvalue weighted by atomic mass is 10.2. The van der Waals surface area contributed by atoms with Crippen LogP contribution in [-0.4, -0.2) is 50.7 Å². The molecule has 0 rings (SSSR count). The Bertz CT molecular complexity index is 142. The van der Waals surface area contributed by atoms with Crippen molar-refractivity contribution in [1.29, 1.82) is 0 Å². The first-order valence-corrected chi connectivity index (χ1v) is 6.20. The maximum absolute atomic E-state index is 9.02. The Labute approximate surface area is 99.3 Å². The van der Waals surface area contributed by atoms with E-state index in [1.54, 1.807) is 0 Å². The van der Waals surface area contributed by atoms with Gasteiger partial charge in [-0.1, -0.05) is 20.8 Å². The first kappa shape index (κ1) is 15.8. The van der Waals surface area contributed by atoms with E-state index in [9.17, 15) is 0 Å². The molecule has 0 heterocycles. The summed E-state index contributed by atoms with van der Waals surface area (Å²) in [5.74, 6) is 0.576. The number of nitrogens with one attached hydrogen (secondary N) is 1. The monoisotopic (exact) mass is 233 g/mol. The third-order valence-corrected chi connectivity index (χ3v) is 2.15. The van der Waals surface area contributed by atoms with E-state index in [0.29, 0.717) is 25.7 Å². The van der Waals surface area contributed by atoms with Crippen molar-refractivity contribution in [1.82, 2.24) is 5.32 Å². The summed E-state index contributed by atoms with van der Waals surface area (Å²) in [4.78, 5) is 0. The van der Waals surface area contributed by atoms with E-state index < -0.39 is 0 Å². The van der Waals surface area contributed by atoms with Gasteiger partial charge in [-0.3, -0.25) is 0 Å².